The SMILES string of the molecule is C=CC(=O)OCCCCOc1ccc(N=CC)cc1. The number of carbonyl (C=O) groups excluding carboxylic acids is 1. The highest BCUT2D eigenvalue weighted by atomic mass is 16.5. The van der Waals surface area contributed by atoms with Crippen LogP contribution in [-0.4, -0.2) is 25.4 Å². The van der Waals surface area contributed by atoms with Gasteiger partial charge in [-0.15, -0.1) is 0 Å². The zero-order chi connectivity index (χ0) is 13.9. The molecule has 0 saturated heterocycles. The lowest BCUT2D eigenvalue weighted by molar-refractivity contribution is -0.137. The van der Waals surface area contributed by atoms with E-state index in [9.17, 15) is 4.79 Å². The molecule has 1 rings (SSSR count). The van der Waals surface area contributed by atoms with Crippen LogP contribution >= 0.6 is 0 Å². The maximum atomic E-state index is 10.8. The van der Waals surface area contributed by atoms with Crippen LogP contribution in [0.2, 0.25) is 0 Å². The maximum absolute atomic E-state index is 10.8. The van der Waals surface area contributed by atoms with Gasteiger partial charge in [0.2, 0.25) is 0 Å². The van der Waals surface area contributed by atoms with Crippen LogP contribution in [0.4, 0.5) is 5.69 Å². The van der Waals surface area contributed by atoms with Crippen LogP contribution in [0.15, 0.2) is 41.9 Å². The first-order chi connectivity index (χ1) is 9.26. The summed E-state index contributed by atoms with van der Waals surface area (Å²) in [6.07, 6.45) is 4.52. The van der Waals surface area contributed by atoms with Gasteiger partial charge in [-0.2, -0.15) is 0 Å². The Morgan fingerprint density at radius 1 is 1.26 bits per heavy atom. The van der Waals surface area contributed by atoms with E-state index in [0.29, 0.717) is 13.2 Å². The molecule has 0 atom stereocenters. The molecule has 4 nitrogen and oxygen atoms in total. The van der Waals surface area contributed by atoms with Crippen molar-refractivity contribution in [3.63, 3.8) is 0 Å². The van der Waals surface area contributed by atoms with Crippen molar-refractivity contribution >= 4 is 17.9 Å². The summed E-state index contributed by atoms with van der Waals surface area (Å²) in [6.45, 7) is 6.21. The standard InChI is InChI=1S/C15H19NO3/c1-3-15(17)19-12-6-5-11-18-14-9-7-13(8-10-14)16-4-2/h3-4,7-10H,1,5-6,11-12H2,2H3. The highest BCUT2D eigenvalue weighted by Crippen LogP contribution is 2.17. The fourth-order valence-corrected chi connectivity index (χ4v) is 1.40. The molecule has 0 heterocycles. The molecule has 0 aliphatic rings. The van der Waals surface area contributed by atoms with E-state index < -0.39 is 0 Å². The summed E-state index contributed by atoms with van der Waals surface area (Å²) in [5.41, 5.74) is 0.909. The number of hydrogen-bond acceptors (Lipinski definition) is 4. The molecule has 0 spiro atoms. The van der Waals surface area contributed by atoms with Crippen molar-refractivity contribution in [2.75, 3.05) is 13.2 Å². The molecule has 0 unspecified atom stereocenters. The van der Waals surface area contributed by atoms with E-state index in [1.54, 1.807) is 6.21 Å². The highest BCUT2D eigenvalue weighted by molar-refractivity contribution is 5.81. The Bertz CT molecular complexity index is 424. The highest BCUT2D eigenvalue weighted by Gasteiger charge is 1.97. The number of benzene rings is 1. The summed E-state index contributed by atoms with van der Waals surface area (Å²) in [5.74, 6) is 0.436. The van der Waals surface area contributed by atoms with Crippen molar-refractivity contribution in [1.82, 2.24) is 0 Å². The molecule has 0 amide bonds. The topological polar surface area (TPSA) is 47.9 Å². The smallest absolute Gasteiger partial charge is 0.330 e. The van der Waals surface area contributed by atoms with Crippen molar-refractivity contribution in [3.05, 3.63) is 36.9 Å². The number of esters is 1. The van der Waals surface area contributed by atoms with Crippen LogP contribution < -0.4 is 4.74 Å². The second kappa shape index (κ2) is 8.91. The van der Waals surface area contributed by atoms with Crippen molar-refractivity contribution < 1.29 is 14.3 Å². The van der Waals surface area contributed by atoms with Crippen molar-refractivity contribution in [3.8, 4) is 5.75 Å². The summed E-state index contributed by atoms with van der Waals surface area (Å²) < 4.78 is 10.4. The zero-order valence-corrected chi connectivity index (χ0v) is 11.2. The van der Waals surface area contributed by atoms with E-state index in [4.69, 9.17) is 9.47 Å². The minimum atomic E-state index is -0.381. The van der Waals surface area contributed by atoms with Crippen LogP contribution in [0.5, 0.6) is 5.75 Å². The van der Waals surface area contributed by atoms with E-state index in [-0.39, 0.29) is 5.97 Å². The van der Waals surface area contributed by atoms with Gasteiger partial charge < -0.3 is 9.47 Å². The van der Waals surface area contributed by atoms with E-state index in [0.717, 1.165) is 30.4 Å². The van der Waals surface area contributed by atoms with Gasteiger partial charge in [0, 0.05) is 12.3 Å². The zero-order valence-electron chi connectivity index (χ0n) is 11.2. The minimum Gasteiger partial charge on any atom is -0.494 e. The van der Waals surface area contributed by atoms with Gasteiger partial charge in [-0.3, -0.25) is 4.99 Å². The maximum Gasteiger partial charge on any atom is 0.330 e. The normalized spacial score (nSPS) is 10.4. The lowest BCUT2D eigenvalue weighted by Gasteiger charge is -2.06. The van der Waals surface area contributed by atoms with Crippen LogP contribution in [0, 0.1) is 0 Å². The number of rotatable bonds is 8. The monoisotopic (exact) mass is 261 g/mol. The predicted octanol–water partition coefficient (Wildman–Crippen LogP) is 3.30. The van der Waals surface area contributed by atoms with Crippen molar-refractivity contribution in [2.45, 2.75) is 19.8 Å². The third kappa shape index (κ3) is 6.41. The fourth-order valence-electron chi connectivity index (χ4n) is 1.40. The van der Waals surface area contributed by atoms with Crippen LogP contribution in [0.1, 0.15) is 19.8 Å². The van der Waals surface area contributed by atoms with Gasteiger partial charge in [0.15, 0.2) is 0 Å². The number of ether oxygens (including phenoxy) is 2. The first-order valence-electron chi connectivity index (χ1n) is 6.27. The Morgan fingerprint density at radius 3 is 2.58 bits per heavy atom. The van der Waals surface area contributed by atoms with E-state index >= 15 is 0 Å². The van der Waals surface area contributed by atoms with Gasteiger partial charge in [-0.25, -0.2) is 4.79 Å². The fraction of sp³-hybridized carbons (Fsp3) is 0.333. The third-order valence-electron chi connectivity index (χ3n) is 2.33. The van der Waals surface area contributed by atoms with Crippen molar-refractivity contribution in [2.24, 2.45) is 4.99 Å². The van der Waals surface area contributed by atoms with E-state index in [1.807, 2.05) is 31.2 Å². The first-order valence-corrected chi connectivity index (χ1v) is 6.27. The number of nitrogens with zero attached hydrogens (tertiary/aromatic N) is 1. The van der Waals surface area contributed by atoms with Crippen LogP contribution in [-0.2, 0) is 9.53 Å². The lowest BCUT2D eigenvalue weighted by atomic mass is 10.3. The number of hydrogen-bond donors (Lipinski definition) is 0. The Balaban J connectivity index is 2.15. The van der Waals surface area contributed by atoms with E-state index in [1.165, 1.54) is 0 Å². The van der Waals surface area contributed by atoms with Crippen LogP contribution in [0.25, 0.3) is 0 Å². The summed E-state index contributed by atoms with van der Waals surface area (Å²) in [7, 11) is 0. The average Bonchev–Trinajstić information content (AvgIpc) is 2.44. The summed E-state index contributed by atoms with van der Waals surface area (Å²) in [4.78, 5) is 14.9. The molecule has 1 aromatic carbocycles. The molecule has 1 aromatic rings. The van der Waals surface area contributed by atoms with Gasteiger partial charge in [-0.1, -0.05) is 6.58 Å². The summed E-state index contributed by atoms with van der Waals surface area (Å²) in [6, 6.07) is 7.59. The van der Waals surface area contributed by atoms with Gasteiger partial charge in [0.1, 0.15) is 5.75 Å². The molecule has 0 fully saturated rings. The second-order valence-corrected chi connectivity index (χ2v) is 3.81. The molecule has 4 heteroatoms. The summed E-state index contributed by atoms with van der Waals surface area (Å²) >= 11 is 0. The molecule has 0 N–H and O–H groups in total. The van der Waals surface area contributed by atoms with Gasteiger partial charge in [0.25, 0.3) is 0 Å². The predicted molar refractivity (Wildman–Crippen MR) is 76.2 cm³/mol. The molecule has 0 aliphatic heterocycles. The average molecular weight is 261 g/mol. The van der Waals surface area contributed by atoms with Crippen LogP contribution in [0.3, 0.4) is 0 Å². The Morgan fingerprint density at radius 2 is 1.95 bits per heavy atom. The molecule has 0 radical (unpaired) electrons. The van der Waals surface area contributed by atoms with E-state index in [2.05, 4.69) is 11.6 Å². The van der Waals surface area contributed by atoms with Gasteiger partial charge in [0.05, 0.1) is 18.9 Å². The van der Waals surface area contributed by atoms with Crippen molar-refractivity contribution in [1.29, 1.82) is 0 Å². The lowest BCUT2D eigenvalue weighted by Crippen LogP contribution is -2.04. The molecule has 0 saturated carbocycles. The molecule has 19 heavy (non-hydrogen) atoms. The molecular weight excluding hydrogens is 242 g/mol. The quantitative estimate of drug-likeness (QED) is 0.312. The minimum absolute atomic E-state index is 0.381. The first kappa shape index (κ1) is 15.0. The van der Waals surface area contributed by atoms with Gasteiger partial charge >= 0.3 is 5.97 Å². The number of unbranched alkanes of at least 4 members (excludes halogenated alkanes) is 1. The Kier molecular flexibility index (Phi) is 7.02. The molecule has 0 aliphatic carbocycles. The molecule has 0 bridgehead atoms. The molecular formula is C15H19NO3. The largest absolute Gasteiger partial charge is 0.494 e. The Hall–Kier alpha value is -2.10. The molecule has 0 aromatic heterocycles. The Labute approximate surface area is 113 Å². The number of aliphatic imine (C=N–C) groups is 1. The third-order valence-corrected chi connectivity index (χ3v) is 2.33. The van der Waals surface area contributed by atoms with Gasteiger partial charge in [-0.05, 0) is 44.0 Å². The second-order valence-electron chi connectivity index (χ2n) is 3.81. The molecule has 102 valence electrons. The summed E-state index contributed by atoms with van der Waals surface area (Å²) in [5, 5.41) is 0. The number of carbonyl (C=O) groups is 1.